The predicted molar refractivity (Wildman–Crippen MR) is 89.9 cm³/mol. The molecule has 0 spiro atoms. The molecule has 2 rings (SSSR count). The quantitative estimate of drug-likeness (QED) is 0.889. The van der Waals surface area contributed by atoms with Gasteiger partial charge in [0.1, 0.15) is 0 Å². The van der Waals surface area contributed by atoms with Crippen LogP contribution in [-0.2, 0) is 13.1 Å². The molecule has 5 heteroatoms. The van der Waals surface area contributed by atoms with Crippen molar-refractivity contribution in [1.29, 1.82) is 0 Å². The standard InChI is InChI=1S/C16H24N4S/c1-11(2)17-9-15-13(4)19-16(21-15)20(5)10-14-8-6-7-12(3)18-14/h6-8,11,17H,9-10H2,1-5H3. The second-order valence-corrected chi connectivity index (χ2v) is 6.73. The number of aromatic nitrogens is 2. The predicted octanol–water partition coefficient (Wildman–Crippen LogP) is 3.29. The molecule has 0 amide bonds. The Morgan fingerprint density at radius 1 is 1.24 bits per heavy atom. The van der Waals surface area contributed by atoms with Gasteiger partial charge in [-0.3, -0.25) is 4.98 Å². The number of thiazole rings is 1. The zero-order valence-corrected chi connectivity index (χ0v) is 14.3. The molecule has 0 bridgehead atoms. The summed E-state index contributed by atoms with van der Waals surface area (Å²) >= 11 is 1.76. The number of hydrogen-bond donors (Lipinski definition) is 1. The SMILES string of the molecule is Cc1cccc(CN(C)c2nc(C)c(CNC(C)C)s2)n1. The van der Waals surface area contributed by atoms with E-state index in [1.807, 2.05) is 13.0 Å². The van der Waals surface area contributed by atoms with Crippen LogP contribution in [0.5, 0.6) is 0 Å². The van der Waals surface area contributed by atoms with Crippen molar-refractivity contribution in [2.45, 2.75) is 46.8 Å². The third kappa shape index (κ3) is 4.51. The Morgan fingerprint density at radius 2 is 2.00 bits per heavy atom. The Morgan fingerprint density at radius 3 is 2.67 bits per heavy atom. The number of nitrogens with zero attached hydrogens (tertiary/aromatic N) is 3. The van der Waals surface area contributed by atoms with Crippen LogP contribution in [0.3, 0.4) is 0 Å². The minimum Gasteiger partial charge on any atom is -0.345 e. The second kappa shape index (κ2) is 7.00. The summed E-state index contributed by atoms with van der Waals surface area (Å²) in [7, 11) is 2.07. The van der Waals surface area contributed by atoms with Crippen LogP contribution in [0, 0.1) is 13.8 Å². The molecule has 0 unspecified atom stereocenters. The van der Waals surface area contributed by atoms with E-state index in [4.69, 9.17) is 0 Å². The highest BCUT2D eigenvalue weighted by Crippen LogP contribution is 2.26. The lowest BCUT2D eigenvalue weighted by Crippen LogP contribution is -2.21. The largest absolute Gasteiger partial charge is 0.345 e. The Balaban J connectivity index is 2.05. The van der Waals surface area contributed by atoms with Crippen molar-refractivity contribution in [3.63, 3.8) is 0 Å². The van der Waals surface area contributed by atoms with Crippen molar-refractivity contribution in [1.82, 2.24) is 15.3 Å². The monoisotopic (exact) mass is 304 g/mol. The molecule has 0 saturated heterocycles. The molecule has 2 aromatic heterocycles. The number of anilines is 1. The van der Waals surface area contributed by atoms with E-state index in [9.17, 15) is 0 Å². The van der Waals surface area contributed by atoms with Gasteiger partial charge in [-0.05, 0) is 26.0 Å². The lowest BCUT2D eigenvalue weighted by molar-refractivity contribution is 0.591. The summed E-state index contributed by atoms with van der Waals surface area (Å²) in [6.45, 7) is 10.1. The number of rotatable bonds is 6. The van der Waals surface area contributed by atoms with Crippen molar-refractivity contribution in [3.05, 3.63) is 40.2 Å². The van der Waals surface area contributed by atoms with Gasteiger partial charge in [0.05, 0.1) is 17.9 Å². The van der Waals surface area contributed by atoms with Crippen molar-refractivity contribution in [2.24, 2.45) is 0 Å². The van der Waals surface area contributed by atoms with Crippen LogP contribution in [0.4, 0.5) is 5.13 Å². The van der Waals surface area contributed by atoms with Crippen molar-refractivity contribution in [2.75, 3.05) is 11.9 Å². The van der Waals surface area contributed by atoms with Crippen LogP contribution in [0.2, 0.25) is 0 Å². The summed E-state index contributed by atoms with van der Waals surface area (Å²) < 4.78 is 0. The van der Waals surface area contributed by atoms with E-state index >= 15 is 0 Å². The molecule has 0 radical (unpaired) electrons. The average Bonchev–Trinajstić information content (AvgIpc) is 2.78. The lowest BCUT2D eigenvalue weighted by atomic mass is 10.3. The Bertz CT molecular complexity index is 592. The third-order valence-electron chi connectivity index (χ3n) is 3.22. The number of hydrogen-bond acceptors (Lipinski definition) is 5. The second-order valence-electron chi connectivity index (χ2n) is 5.67. The maximum absolute atomic E-state index is 4.68. The van der Waals surface area contributed by atoms with Gasteiger partial charge in [0.25, 0.3) is 0 Å². The first-order chi connectivity index (χ1) is 9.95. The molecule has 114 valence electrons. The Labute approximate surface area is 131 Å². The maximum atomic E-state index is 4.68. The van der Waals surface area contributed by atoms with Crippen LogP contribution in [0.25, 0.3) is 0 Å². The first kappa shape index (κ1) is 15.9. The van der Waals surface area contributed by atoms with Gasteiger partial charge >= 0.3 is 0 Å². The molecule has 0 aliphatic carbocycles. The smallest absolute Gasteiger partial charge is 0.185 e. The van der Waals surface area contributed by atoms with Gasteiger partial charge in [0.2, 0.25) is 0 Å². The van der Waals surface area contributed by atoms with Gasteiger partial charge in [0, 0.05) is 30.2 Å². The van der Waals surface area contributed by atoms with E-state index in [1.165, 1.54) is 4.88 Å². The Kier molecular flexibility index (Phi) is 5.31. The molecule has 0 fully saturated rings. The fourth-order valence-electron chi connectivity index (χ4n) is 2.03. The van der Waals surface area contributed by atoms with E-state index in [0.29, 0.717) is 6.04 Å². The van der Waals surface area contributed by atoms with Crippen LogP contribution in [-0.4, -0.2) is 23.1 Å². The number of pyridine rings is 1. The van der Waals surface area contributed by atoms with E-state index in [0.717, 1.165) is 35.3 Å². The molecule has 0 atom stereocenters. The average molecular weight is 304 g/mol. The molecule has 21 heavy (non-hydrogen) atoms. The third-order valence-corrected chi connectivity index (χ3v) is 4.50. The van der Waals surface area contributed by atoms with Gasteiger partial charge in [-0.1, -0.05) is 19.9 Å². The highest BCUT2D eigenvalue weighted by atomic mass is 32.1. The number of aryl methyl sites for hydroxylation is 2. The van der Waals surface area contributed by atoms with Gasteiger partial charge in [-0.15, -0.1) is 11.3 Å². The number of nitrogens with one attached hydrogen (secondary N) is 1. The summed E-state index contributed by atoms with van der Waals surface area (Å²) in [5.41, 5.74) is 3.25. The minimum atomic E-state index is 0.490. The van der Waals surface area contributed by atoms with E-state index < -0.39 is 0 Å². The first-order valence-corrected chi connectivity index (χ1v) is 8.10. The molecule has 4 nitrogen and oxygen atoms in total. The maximum Gasteiger partial charge on any atom is 0.185 e. The molecule has 0 aliphatic rings. The summed E-state index contributed by atoms with van der Waals surface area (Å²) in [6.07, 6.45) is 0. The van der Waals surface area contributed by atoms with Crippen molar-refractivity contribution < 1.29 is 0 Å². The molecular formula is C16H24N4S. The zero-order valence-electron chi connectivity index (χ0n) is 13.5. The first-order valence-electron chi connectivity index (χ1n) is 7.29. The Hall–Kier alpha value is -1.46. The van der Waals surface area contributed by atoms with Crippen molar-refractivity contribution in [3.8, 4) is 0 Å². The van der Waals surface area contributed by atoms with E-state index in [-0.39, 0.29) is 0 Å². The summed E-state index contributed by atoms with van der Waals surface area (Å²) in [5, 5.41) is 4.50. The fourth-order valence-corrected chi connectivity index (χ4v) is 3.01. The van der Waals surface area contributed by atoms with Crippen LogP contribution in [0.1, 0.15) is 35.8 Å². The van der Waals surface area contributed by atoms with Crippen LogP contribution >= 0.6 is 11.3 Å². The van der Waals surface area contributed by atoms with Gasteiger partial charge in [-0.25, -0.2) is 4.98 Å². The van der Waals surface area contributed by atoms with Gasteiger partial charge in [-0.2, -0.15) is 0 Å². The zero-order chi connectivity index (χ0) is 15.4. The van der Waals surface area contributed by atoms with Crippen molar-refractivity contribution >= 4 is 16.5 Å². The molecule has 0 aromatic carbocycles. The van der Waals surface area contributed by atoms with Crippen LogP contribution in [0.15, 0.2) is 18.2 Å². The lowest BCUT2D eigenvalue weighted by Gasteiger charge is -2.15. The molecule has 0 saturated carbocycles. The van der Waals surface area contributed by atoms with Gasteiger partial charge < -0.3 is 10.2 Å². The van der Waals surface area contributed by atoms with Crippen LogP contribution < -0.4 is 10.2 Å². The van der Waals surface area contributed by atoms with Gasteiger partial charge in [0.15, 0.2) is 5.13 Å². The molecule has 2 heterocycles. The summed E-state index contributed by atoms with van der Waals surface area (Å²) in [5.74, 6) is 0. The molecule has 0 aliphatic heterocycles. The topological polar surface area (TPSA) is 41.1 Å². The molecular weight excluding hydrogens is 280 g/mol. The minimum absolute atomic E-state index is 0.490. The van der Waals surface area contributed by atoms with E-state index in [1.54, 1.807) is 11.3 Å². The highest BCUT2D eigenvalue weighted by Gasteiger charge is 2.12. The normalized spacial score (nSPS) is 11.1. The molecule has 2 aromatic rings. The highest BCUT2D eigenvalue weighted by molar-refractivity contribution is 7.15. The summed E-state index contributed by atoms with van der Waals surface area (Å²) in [4.78, 5) is 12.7. The van der Waals surface area contributed by atoms with E-state index in [2.05, 4.69) is 60.1 Å². The summed E-state index contributed by atoms with van der Waals surface area (Å²) in [6, 6.07) is 6.62. The fraction of sp³-hybridized carbons (Fsp3) is 0.500. The molecule has 1 N–H and O–H groups in total.